The molecule has 0 aliphatic heterocycles. The predicted molar refractivity (Wildman–Crippen MR) is 84.8 cm³/mol. The number of halogens is 1. The fraction of sp³-hybridized carbons (Fsp3) is 0.188. The van der Waals surface area contributed by atoms with Crippen LogP contribution in [0.25, 0.3) is 0 Å². The maximum absolute atomic E-state index is 12.3. The molecule has 0 aliphatic carbocycles. The van der Waals surface area contributed by atoms with Crippen molar-refractivity contribution in [2.24, 2.45) is 0 Å². The van der Waals surface area contributed by atoms with Crippen molar-refractivity contribution in [3.05, 3.63) is 58.1 Å². The molecule has 0 unspecified atom stereocenters. The van der Waals surface area contributed by atoms with Gasteiger partial charge in [0.2, 0.25) is 0 Å². The average molecular weight is 305 g/mol. The molecule has 21 heavy (non-hydrogen) atoms. The van der Waals surface area contributed by atoms with Gasteiger partial charge < -0.3 is 15.8 Å². The van der Waals surface area contributed by atoms with Crippen LogP contribution in [0, 0.1) is 6.92 Å². The van der Waals surface area contributed by atoms with Crippen LogP contribution < -0.4 is 15.8 Å². The molecule has 0 heterocycles. The van der Waals surface area contributed by atoms with Gasteiger partial charge in [0.15, 0.2) is 0 Å². The van der Waals surface area contributed by atoms with Gasteiger partial charge in [-0.3, -0.25) is 4.79 Å². The SMILES string of the molecule is COc1ccc(Cl)cc1C(=O)NCc1cccc(N)c1C. The summed E-state index contributed by atoms with van der Waals surface area (Å²) in [4.78, 5) is 12.3. The standard InChI is InChI=1S/C16H17ClN2O2/c1-10-11(4-3-5-14(10)18)9-19-16(20)13-8-12(17)6-7-15(13)21-2/h3-8H,9,18H2,1-2H3,(H,19,20). The molecular formula is C16H17ClN2O2. The third kappa shape index (κ3) is 3.47. The highest BCUT2D eigenvalue weighted by Crippen LogP contribution is 2.23. The molecule has 1 amide bonds. The largest absolute Gasteiger partial charge is 0.496 e. The van der Waals surface area contributed by atoms with Gasteiger partial charge in [0.1, 0.15) is 5.75 Å². The number of anilines is 1. The van der Waals surface area contributed by atoms with E-state index in [0.717, 1.165) is 11.1 Å². The van der Waals surface area contributed by atoms with Crippen molar-refractivity contribution in [1.29, 1.82) is 0 Å². The van der Waals surface area contributed by atoms with Crippen molar-refractivity contribution >= 4 is 23.2 Å². The second kappa shape index (κ2) is 6.50. The minimum absolute atomic E-state index is 0.240. The number of carbonyl (C=O) groups is 1. The van der Waals surface area contributed by atoms with Crippen LogP contribution in [-0.4, -0.2) is 13.0 Å². The van der Waals surface area contributed by atoms with Crippen molar-refractivity contribution < 1.29 is 9.53 Å². The number of nitrogens with two attached hydrogens (primary N) is 1. The van der Waals surface area contributed by atoms with E-state index in [-0.39, 0.29) is 5.91 Å². The number of hydrogen-bond donors (Lipinski definition) is 2. The van der Waals surface area contributed by atoms with Crippen molar-refractivity contribution in [2.75, 3.05) is 12.8 Å². The zero-order valence-electron chi connectivity index (χ0n) is 11.9. The van der Waals surface area contributed by atoms with E-state index in [1.54, 1.807) is 18.2 Å². The summed E-state index contributed by atoms with van der Waals surface area (Å²) in [6.07, 6.45) is 0. The Morgan fingerprint density at radius 1 is 1.33 bits per heavy atom. The molecule has 4 nitrogen and oxygen atoms in total. The molecule has 0 aromatic heterocycles. The quantitative estimate of drug-likeness (QED) is 0.853. The van der Waals surface area contributed by atoms with Crippen LogP contribution >= 0.6 is 11.6 Å². The van der Waals surface area contributed by atoms with Gasteiger partial charge in [0.05, 0.1) is 12.7 Å². The molecule has 0 spiro atoms. The number of rotatable bonds is 4. The molecule has 3 N–H and O–H groups in total. The Balaban J connectivity index is 2.15. The monoisotopic (exact) mass is 304 g/mol. The van der Waals surface area contributed by atoms with E-state index in [9.17, 15) is 4.79 Å². The Bertz CT molecular complexity index is 671. The molecular weight excluding hydrogens is 288 g/mol. The van der Waals surface area contributed by atoms with E-state index < -0.39 is 0 Å². The van der Waals surface area contributed by atoms with Crippen molar-refractivity contribution in [2.45, 2.75) is 13.5 Å². The number of benzene rings is 2. The predicted octanol–water partition coefficient (Wildman–Crippen LogP) is 3.17. The number of amides is 1. The minimum Gasteiger partial charge on any atom is -0.496 e. The molecule has 0 radical (unpaired) electrons. The van der Waals surface area contributed by atoms with E-state index >= 15 is 0 Å². The van der Waals surface area contributed by atoms with E-state index in [1.807, 2.05) is 25.1 Å². The molecule has 2 aromatic rings. The molecule has 5 heteroatoms. The summed E-state index contributed by atoms with van der Waals surface area (Å²) in [5, 5.41) is 3.34. The zero-order chi connectivity index (χ0) is 15.4. The third-order valence-electron chi connectivity index (χ3n) is 3.33. The van der Waals surface area contributed by atoms with Crippen LogP contribution in [0.5, 0.6) is 5.75 Å². The average Bonchev–Trinajstić information content (AvgIpc) is 2.48. The first-order valence-corrected chi connectivity index (χ1v) is 6.86. The lowest BCUT2D eigenvalue weighted by molar-refractivity contribution is 0.0948. The summed E-state index contributed by atoms with van der Waals surface area (Å²) >= 11 is 5.93. The normalized spacial score (nSPS) is 10.2. The number of carbonyl (C=O) groups excluding carboxylic acids is 1. The molecule has 110 valence electrons. The Morgan fingerprint density at radius 2 is 2.10 bits per heavy atom. The van der Waals surface area contributed by atoms with Gasteiger partial charge in [-0.25, -0.2) is 0 Å². The molecule has 2 rings (SSSR count). The Morgan fingerprint density at radius 3 is 2.81 bits per heavy atom. The van der Waals surface area contributed by atoms with Crippen molar-refractivity contribution in [3.8, 4) is 5.75 Å². The fourth-order valence-corrected chi connectivity index (χ4v) is 2.20. The van der Waals surface area contributed by atoms with Crippen LogP contribution in [0.2, 0.25) is 5.02 Å². The minimum atomic E-state index is -0.240. The van der Waals surface area contributed by atoms with Crippen LogP contribution in [0.15, 0.2) is 36.4 Å². The Labute approximate surface area is 128 Å². The summed E-state index contributed by atoms with van der Waals surface area (Å²) < 4.78 is 5.18. The van der Waals surface area contributed by atoms with Gasteiger partial charge in [0, 0.05) is 17.3 Å². The summed E-state index contributed by atoms with van der Waals surface area (Å²) in [6, 6.07) is 10.6. The van der Waals surface area contributed by atoms with Gasteiger partial charge in [0.25, 0.3) is 5.91 Å². The van der Waals surface area contributed by atoms with Gasteiger partial charge >= 0.3 is 0 Å². The topological polar surface area (TPSA) is 64.3 Å². The van der Waals surface area contributed by atoms with E-state index in [1.165, 1.54) is 7.11 Å². The fourth-order valence-electron chi connectivity index (χ4n) is 2.02. The number of nitrogen functional groups attached to an aromatic ring is 1. The van der Waals surface area contributed by atoms with E-state index in [2.05, 4.69) is 5.32 Å². The molecule has 0 bridgehead atoms. The Hall–Kier alpha value is -2.20. The first-order chi connectivity index (χ1) is 10.0. The summed E-state index contributed by atoms with van der Waals surface area (Å²) in [6.45, 7) is 2.32. The lowest BCUT2D eigenvalue weighted by Gasteiger charge is -2.12. The third-order valence-corrected chi connectivity index (χ3v) is 3.57. The lowest BCUT2D eigenvalue weighted by atomic mass is 10.1. The summed E-state index contributed by atoms with van der Waals surface area (Å²) in [7, 11) is 1.52. The zero-order valence-corrected chi connectivity index (χ0v) is 12.7. The van der Waals surface area contributed by atoms with Crippen molar-refractivity contribution in [1.82, 2.24) is 5.32 Å². The van der Waals surface area contributed by atoms with Gasteiger partial charge in [-0.2, -0.15) is 0 Å². The van der Waals surface area contributed by atoms with Crippen LogP contribution in [0.4, 0.5) is 5.69 Å². The highest BCUT2D eigenvalue weighted by Gasteiger charge is 2.13. The smallest absolute Gasteiger partial charge is 0.255 e. The van der Waals surface area contributed by atoms with Crippen molar-refractivity contribution in [3.63, 3.8) is 0 Å². The molecule has 0 saturated heterocycles. The first kappa shape index (κ1) is 15.2. The van der Waals surface area contributed by atoms with Gasteiger partial charge in [-0.05, 0) is 42.3 Å². The van der Waals surface area contributed by atoms with Crippen LogP contribution in [0.1, 0.15) is 21.5 Å². The number of nitrogens with one attached hydrogen (secondary N) is 1. The van der Waals surface area contributed by atoms with Crippen LogP contribution in [0.3, 0.4) is 0 Å². The molecule has 0 aliphatic rings. The summed E-state index contributed by atoms with van der Waals surface area (Å²) in [5.41, 5.74) is 8.92. The highest BCUT2D eigenvalue weighted by molar-refractivity contribution is 6.31. The number of methoxy groups -OCH3 is 1. The number of hydrogen-bond acceptors (Lipinski definition) is 3. The maximum Gasteiger partial charge on any atom is 0.255 e. The van der Waals surface area contributed by atoms with E-state index in [0.29, 0.717) is 28.6 Å². The van der Waals surface area contributed by atoms with Gasteiger partial charge in [-0.15, -0.1) is 0 Å². The molecule has 0 saturated carbocycles. The maximum atomic E-state index is 12.3. The second-order valence-corrected chi connectivity index (χ2v) is 5.10. The molecule has 0 fully saturated rings. The van der Waals surface area contributed by atoms with Crippen LogP contribution in [-0.2, 0) is 6.54 Å². The van der Waals surface area contributed by atoms with E-state index in [4.69, 9.17) is 22.1 Å². The Kier molecular flexibility index (Phi) is 4.70. The highest BCUT2D eigenvalue weighted by atomic mass is 35.5. The summed E-state index contributed by atoms with van der Waals surface area (Å²) in [5.74, 6) is 0.248. The molecule has 2 aromatic carbocycles. The second-order valence-electron chi connectivity index (χ2n) is 4.66. The first-order valence-electron chi connectivity index (χ1n) is 6.48. The van der Waals surface area contributed by atoms with Gasteiger partial charge in [-0.1, -0.05) is 23.7 Å². The molecule has 0 atom stereocenters. The number of ether oxygens (including phenoxy) is 1. The lowest BCUT2D eigenvalue weighted by Crippen LogP contribution is -2.24.